The van der Waals surface area contributed by atoms with E-state index in [2.05, 4.69) is 21.1 Å². The van der Waals surface area contributed by atoms with Crippen LogP contribution in [0, 0.1) is 0 Å². The third kappa shape index (κ3) is 0.949. The van der Waals surface area contributed by atoms with Crippen molar-refractivity contribution in [3.63, 3.8) is 0 Å². The molecule has 0 saturated heterocycles. The van der Waals surface area contributed by atoms with Crippen LogP contribution in [-0.2, 0) is 21.1 Å². The fourth-order valence-electron chi connectivity index (χ4n) is 0.246. The van der Waals surface area contributed by atoms with Gasteiger partial charge in [0.1, 0.15) is 0 Å². The molecule has 0 spiro atoms. The number of hydrogen-bond donors (Lipinski definition) is 0. The molecular formula is C4H3AgS. The van der Waals surface area contributed by atoms with Crippen LogP contribution >= 0.6 is 11.3 Å². The van der Waals surface area contributed by atoms with Gasteiger partial charge in [0.05, 0.1) is 0 Å². The second-order valence-electron chi connectivity index (χ2n) is 0.879. The summed E-state index contributed by atoms with van der Waals surface area (Å²) in [5.41, 5.74) is 0. The molecule has 0 bridgehead atoms. The molecule has 36 valence electrons. The summed E-state index contributed by atoms with van der Waals surface area (Å²) in [5, 5.41) is 2.03. The molecule has 0 N–H and O–H groups in total. The van der Waals surface area contributed by atoms with Gasteiger partial charge in [0.15, 0.2) is 0 Å². The molecule has 1 aromatic rings. The van der Waals surface area contributed by atoms with Gasteiger partial charge in [-0.3, -0.25) is 0 Å². The fraction of sp³-hybridized carbons (Fsp3) is 0. The number of thiophene rings is 1. The van der Waals surface area contributed by atoms with E-state index in [1.54, 1.807) is 11.3 Å². The first-order valence-electron chi connectivity index (χ1n) is 1.55. The van der Waals surface area contributed by atoms with Crippen LogP contribution in [0.4, 0.5) is 0 Å². The van der Waals surface area contributed by atoms with Crippen LogP contribution in [-0.4, -0.2) is 0 Å². The van der Waals surface area contributed by atoms with Gasteiger partial charge in [0, 0.05) is 0 Å². The van der Waals surface area contributed by atoms with Crippen LogP contribution < -0.4 is 3.10 Å². The van der Waals surface area contributed by atoms with E-state index >= 15 is 0 Å². The quantitative estimate of drug-likeness (QED) is 0.535. The van der Waals surface area contributed by atoms with Gasteiger partial charge in [-0.2, -0.15) is 0 Å². The summed E-state index contributed by atoms with van der Waals surface area (Å²) < 4.78 is 1.19. The van der Waals surface area contributed by atoms with Crippen LogP contribution in [0.2, 0.25) is 0 Å². The minimum absolute atomic E-state index is 1.19. The van der Waals surface area contributed by atoms with E-state index in [0.717, 1.165) is 0 Å². The van der Waals surface area contributed by atoms with E-state index in [1.807, 2.05) is 17.5 Å². The van der Waals surface area contributed by atoms with E-state index in [1.165, 1.54) is 3.10 Å². The minimum atomic E-state index is 1.19. The van der Waals surface area contributed by atoms with E-state index in [4.69, 9.17) is 0 Å². The van der Waals surface area contributed by atoms with Crippen molar-refractivity contribution in [2.45, 2.75) is 0 Å². The normalized spacial score (nSPS) is 9.00. The van der Waals surface area contributed by atoms with E-state index in [-0.39, 0.29) is 0 Å². The van der Waals surface area contributed by atoms with E-state index in [9.17, 15) is 0 Å². The average molecular weight is 191 g/mol. The summed E-state index contributed by atoms with van der Waals surface area (Å²) in [7, 11) is 0. The molecule has 1 aromatic heterocycles. The van der Waals surface area contributed by atoms with Gasteiger partial charge in [-0.05, 0) is 0 Å². The van der Waals surface area contributed by atoms with Gasteiger partial charge >= 0.3 is 53.0 Å². The Morgan fingerprint density at radius 3 is 2.67 bits per heavy atom. The van der Waals surface area contributed by atoms with Crippen LogP contribution in [0.1, 0.15) is 0 Å². The first-order valence-corrected chi connectivity index (χ1v) is 3.17. The van der Waals surface area contributed by atoms with Crippen molar-refractivity contribution in [2.75, 3.05) is 0 Å². The Labute approximate surface area is 53.1 Å². The summed E-state index contributed by atoms with van der Waals surface area (Å²) in [6.45, 7) is 0. The van der Waals surface area contributed by atoms with Crippen molar-refractivity contribution >= 4 is 14.4 Å². The maximum atomic E-state index is 3.32. The molecule has 0 radical (unpaired) electrons. The molecule has 0 aliphatic heterocycles. The van der Waals surface area contributed by atoms with Gasteiger partial charge in [-0.15, -0.1) is 0 Å². The van der Waals surface area contributed by atoms with Gasteiger partial charge in [0.25, 0.3) is 0 Å². The Kier molecular flexibility index (Phi) is 1.48. The molecule has 1 heterocycles. The van der Waals surface area contributed by atoms with Crippen molar-refractivity contribution in [2.24, 2.45) is 0 Å². The molecule has 0 unspecified atom stereocenters. The molecule has 0 saturated carbocycles. The molecule has 0 atom stereocenters. The molecule has 0 aliphatic rings. The number of rotatable bonds is 0. The molecule has 2 heteroatoms. The molecule has 1 rings (SSSR count). The summed E-state index contributed by atoms with van der Waals surface area (Å²) in [6, 6.07) is 4.03. The summed E-state index contributed by atoms with van der Waals surface area (Å²) in [5.74, 6) is 0. The van der Waals surface area contributed by atoms with Gasteiger partial charge < -0.3 is 0 Å². The van der Waals surface area contributed by atoms with Gasteiger partial charge in [0.2, 0.25) is 0 Å². The van der Waals surface area contributed by atoms with Crippen molar-refractivity contribution < 1.29 is 21.1 Å². The third-order valence-electron chi connectivity index (χ3n) is 0.465. The zero-order chi connectivity index (χ0) is 4.41. The predicted molar refractivity (Wildman–Crippen MR) is 24.0 cm³/mol. The zero-order valence-corrected chi connectivity index (χ0v) is 5.24. The van der Waals surface area contributed by atoms with Crippen LogP contribution in [0.25, 0.3) is 0 Å². The Hall–Kier alpha value is 0.440. The molecule has 6 heavy (non-hydrogen) atoms. The molecule has 0 aliphatic carbocycles. The third-order valence-corrected chi connectivity index (χ3v) is 1.87. The molecule has 0 nitrogen and oxygen atoms in total. The summed E-state index contributed by atoms with van der Waals surface area (Å²) >= 11 is 5.01. The summed E-state index contributed by atoms with van der Waals surface area (Å²) in [6.07, 6.45) is 0. The van der Waals surface area contributed by atoms with Gasteiger partial charge in [-0.25, -0.2) is 0 Å². The second kappa shape index (κ2) is 1.94. The SMILES string of the molecule is [Ag][c]1cccs1. The Morgan fingerprint density at radius 2 is 2.50 bits per heavy atom. The van der Waals surface area contributed by atoms with Crippen molar-refractivity contribution in [1.82, 2.24) is 0 Å². The van der Waals surface area contributed by atoms with E-state index < -0.39 is 0 Å². The van der Waals surface area contributed by atoms with Gasteiger partial charge in [-0.1, -0.05) is 0 Å². The van der Waals surface area contributed by atoms with Crippen LogP contribution in [0.15, 0.2) is 17.5 Å². The first kappa shape index (κ1) is 4.60. The fourth-order valence-corrected chi connectivity index (χ4v) is 1.13. The molecule has 0 aromatic carbocycles. The summed E-state index contributed by atoms with van der Waals surface area (Å²) in [4.78, 5) is 0. The maximum absolute atomic E-state index is 3.32. The number of hydrogen-bond acceptors (Lipinski definition) is 1. The Morgan fingerprint density at radius 1 is 1.67 bits per heavy atom. The monoisotopic (exact) mass is 190 g/mol. The first-order chi connectivity index (χ1) is 2.89. The zero-order valence-electron chi connectivity index (χ0n) is 2.94. The van der Waals surface area contributed by atoms with Crippen molar-refractivity contribution in [3.8, 4) is 0 Å². The predicted octanol–water partition coefficient (Wildman–Crippen LogP) is 0.920. The van der Waals surface area contributed by atoms with Crippen LogP contribution in [0.5, 0.6) is 0 Å². The second-order valence-corrected chi connectivity index (χ2v) is 3.08. The molecule has 0 fully saturated rings. The molecular weight excluding hydrogens is 188 g/mol. The van der Waals surface area contributed by atoms with E-state index in [0.29, 0.717) is 0 Å². The van der Waals surface area contributed by atoms with Crippen molar-refractivity contribution in [1.29, 1.82) is 0 Å². The topological polar surface area (TPSA) is 0 Å². The Bertz CT molecular complexity index is 111. The van der Waals surface area contributed by atoms with Crippen molar-refractivity contribution in [3.05, 3.63) is 17.5 Å². The molecule has 0 amide bonds. The Balaban J connectivity index is 3.05. The standard InChI is InChI=1S/C4H3S.Ag/c1-2-4-5-3-1;/h1-3H;. The average Bonchev–Trinajstić information content (AvgIpc) is 1.86. The van der Waals surface area contributed by atoms with Crippen LogP contribution in [0.3, 0.4) is 0 Å².